The van der Waals surface area contributed by atoms with Crippen molar-refractivity contribution in [3.05, 3.63) is 18.2 Å². The Morgan fingerprint density at radius 1 is 1.47 bits per heavy atom. The van der Waals surface area contributed by atoms with Crippen LogP contribution in [0.1, 0.15) is 18.7 Å². The summed E-state index contributed by atoms with van der Waals surface area (Å²) in [5.74, 6) is 1.45. The zero-order chi connectivity index (χ0) is 10.7. The maximum Gasteiger partial charge on any atom is 0.125 e. The quantitative estimate of drug-likeness (QED) is 0.783. The van der Waals surface area contributed by atoms with Crippen LogP contribution in [0.15, 0.2) is 12.4 Å². The molecule has 1 aromatic rings. The number of nitrogens with zero attached hydrogens (tertiary/aromatic N) is 3. The summed E-state index contributed by atoms with van der Waals surface area (Å²) >= 11 is 0. The summed E-state index contributed by atoms with van der Waals surface area (Å²) < 4.78 is 0. The van der Waals surface area contributed by atoms with Crippen LogP contribution in [0.2, 0.25) is 0 Å². The number of rotatable bonds is 2. The molecule has 0 radical (unpaired) electrons. The number of piperidine rings is 1. The second kappa shape index (κ2) is 4.57. The molecule has 1 atom stereocenters. The first-order valence-corrected chi connectivity index (χ1v) is 5.53. The van der Waals surface area contributed by atoms with Crippen LogP contribution in [0.25, 0.3) is 0 Å². The van der Waals surface area contributed by atoms with Gasteiger partial charge in [-0.25, -0.2) is 9.97 Å². The third-order valence-corrected chi connectivity index (χ3v) is 2.98. The Balaban J connectivity index is 2.06. The van der Waals surface area contributed by atoms with E-state index in [1.807, 2.05) is 19.3 Å². The van der Waals surface area contributed by atoms with Crippen molar-refractivity contribution < 1.29 is 0 Å². The van der Waals surface area contributed by atoms with Crippen LogP contribution < -0.4 is 10.6 Å². The van der Waals surface area contributed by atoms with E-state index in [0.717, 1.165) is 31.1 Å². The molecule has 2 heterocycles. The van der Waals surface area contributed by atoms with Gasteiger partial charge in [0.05, 0.1) is 18.1 Å². The molecule has 2 N–H and O–H groups in total. The lowest BCUT2D eigenvalue weighted by molar-refractivity contribution is 0.423. The van der Waals surface area contributed by atoms with Crippen molar-refractivity contribution >= 4 is 5.69 Å². The van der Waals surface area contributed by atoms with Crippen LogP contribution in [0.5, 0.6) is 0 Å². The fourth-order valence-corrected chi connectivity index (χ4v) is 2.04. The molecule has 1 aliphatic rings. The highest BCUT2D eigenvalue weighted by Gasteiger charge is 2.19. The van der Waals surface area contributed by atoms with Crippen LogP contribution >= 0.6 is 0 Å². The Labute approximate surface area is 90.5 Å². The van der Waals surface area contributed by atoms with Crippen molar-refractivity contribution in [2.24, 2.45) is 11.7 Å². The zero-order valence-corrected chi connectivity index (χ0v) is 9.19. The molecule has 0 aliphatic carbocycles. The average Bonchev–Trinajstić information content (AvgIpc) is 2.30. The van der Waals surface area contributed by atoms with E-state index >= 15 is 0 Å². The highest BCUT2D eigenvalue weighted by molar-refractivity contribution is 5.42. The number of aryl methyl sites for hydroxylation is 1. The number of hydrogen-bond donors (Lipinski definition) is 1. The van der Waals surface area contributed by atoms with E-state index in [-0.39, 0.29) is 0 Å². The monoisotopic (exact) mass is 206 g/mol. The Kier molecular flexibility index (Phi) is 3.16. The van der Waals surface area contributed by atoms with E-state index in [1.54, 1.807) is 0 Å². The number of hydrogen-bond acceptors (Lipinski definition) is 4. The van der Waals surface area contributed by atoms with Crippen LogP contribution in [0.3, 0.4) is 0 Å². The lowest BCUT2D eigenvalue weighted by atomic mass is 9.98. The Hall–Kier alpha value is -1.16. The minimum Gasteiger partial charge on any atom is -0.369 e. The minimum atomic E-state index is 0.625. The van der Waals surface area contributed by atoms with Crippen molar-refractivity contribution in [2.45, 2.75) is 19.8 Å². The summed E-state index contributed by atoms with van der Waals surface area (Å²) in [6, 6.07) is 0. The molecule has 4 heteroatoms. The molecule has 0 saturated carbocycles. The average molecular weight is 206 g/mol. The molecular formula is C11H18N4. The summed E-state index contributed by atoms with van der Waals surface area (Å²) in [4.78, 5) is 10.8. The van der Waals surface area contributed by atoms with Gasteiger partial charge in [-0.1, -0.05) is 0 Å². The Bertz CT molecular complexity index is 309. The smallest absolute Gasteiger partial charge is 0.125 e. The molecule has 1 fully saturated rings. The van der Waals surface area contributed by atoms with Crippen LogP contribution in [0, 0.1) is 12.8 Å². The summed E-state index contributed by atoms with van der Waals surface area (Å²) in [6.45, 7) is 4.83. The molecule has 1 aromatic heterocycles. The first kappa shape index (κ1) is 10.4. The van der Waals surface area contributed by atoms with Gasteiger partial charge in [0.2, 0.25) is 0 Å². The fourth-order valence-electron chi connectivity index (χ4n) is 2.04. The first-order chi connectivity index (χ1) is 7.29. The summed E-state index contributed by atoms with van der Waals surface area (Å²) in [5.41, 5.74) is 6.83. The van der Waals surface area contributed by atoms with Crippen molar-refractivity contribution in [1.29, 1.82) is 0 Å². The van der Waals surface area contributed by atoms with Crippen molar-refractivity contribution in [3.63, 3.8) is 0 Å². The molecule has 1 unspecified atom stereocenters. The van der Waals surface area contributed by atoms with Crippen LogP contribution in [-0.2, 0) is 0 Å². The number of nitrogens with two attached hydrogens (primary N) is 1. The summed E-state index contributed by atoms with van der Waals surface area (Å²) in [6.07, 6.45) is 6.28. The van der Waals surface area contributed by atoms with Crippen LogP contribution in [0.4, 0.5) is 5.69 Å². The largest absolute Gasteiger partial charge is 0.369 e. The highest BCUT2D eigenvalue weighted by atomic mass is 15.2. The van der Waals surface area contributed by atoms with Gasteiger partial charge in [-0.05, 0) is 32.2 Å². The van der Waals surface area contributed by atoms with E-state index < -0.39 is 0 Å². The van der Waals surface area contributed by atoms with Crippen molar-refractivity contribution in [1.82, 2.24) is 9.97 Å². The predicted molar refractivity (Wildman–Crippen MR) is 60.8 cm³/mol. The van der Waals surface area contributed by atoms with Crippen molar-refractivity contribution in [2.75, 3.05) is 24.5 Å². The van der Waals surface area contributed by atoms with Gasteiger partial charge >= 0.3 is 0 Å². The first-order valence-electron chi connectivity index (χ1n) is 5.53. The third-order valence-electron chi connectivity index (χ3n) is 2.98. The predicted octanol–water partition coefficient (Wildman–Crippen LogP) is 0.960. The molecule has 1 aliphatic heterocycles. The molecular weight excluding hydrogens is 188 g/mol. The fraction of sp³-hybridized carbons (Fsp3) is 0.636. The molecule has 15 heavy (non-hydrogen) atoms. The van der Waals surface area contributed by atoms with E-state index in [2.05, 4.69) is 14.9 Å². The SMILES string of the molecule is Cc1ncc(N2CCCC(CN)C2)cn1. The van der Waals surface area contributed by atoms with Gasteiger partial charge in [0, 0.05) is 13.1 Å². The molecule has 1 saturated heterocycles. The van der Waals surface area contributed by atoms with Gasteiger partial charge in [-0.2, -0.15) is 0 Å². The molecule has 2 rings (SSSR count). The molecule has 0 spiro atoms. The van der Waals surface area contributed by atoms with Gasteiger partial charge in [-0.15, -0.1) is 0 Å². The lowest BCUT2D eigenvalue weighted by Crippen LogP contribution is -2.38. The second-order valence-electron chi connectivity index (χ2n) is 4.18. The lowest BCUT2D eigenvalue weighted by Gasteiger charge is -2.33. The summed E-state index contributed by atoms with van der Waals surface area (Å²) in [7, 11) is 0. The number of aromatic nitrogens is 2. The van der Waals surface area contributed by atoms with Gasteiger partial charge in [0.1, 0.15) is 5.82 Å². The Morgan fingerprint density at radius 2 is 2.20 bits per heavy atom. The summed E-state index contributed by atoms with van der Waals surface area (Å²) in [5, 5.41) is 0. The van der Waals surface area contributed by atoms with Gasteiger partial charge in [-0.3, -0.25) is 0 Å². The maximum absolute atomic E-state index is 5.71. The van der Waals surface area contributed by atoms with E-state index in [4.69, 9.17) is 5.73 Å². The van der Waals surface area contributed by atoms with E-state index in [1.165, 1.54) is 12.8 Å². The van der Waals surface area contributed by atoms with Gasteiger partial charge < -0.3 is 10.6 Å². The van der Waals surface area contributed by atoms with E-state index in [0.29, 0.717) is 5.92 Å². The molecule has 0 bridgehead atoms. The van der Waals surface area contributed by atoms with Crippen molar-refractivity contribution in [3.8, 4) is 0 Å². The molecule has 0 amide bonds. The highest BCUT2D eigenvalue weighted by Crippen LogP contribution is 2.21. The normalized spacial score (nSPS) is 21.7. The molecule has 4 nitrogen and oxygen atoms in total. The topological polar surface area (TPSA) is 55.0 Å². The zero-order valence-electron chi connectivity index (χ0n) is 9.19. The molecule has 82 valence electrons. The maximum atomic E-state index is 5.71. The standard InChI is InChI=1S/C11H18N4/c1-9-13-6-11(7-14-9)15-4-2-3-10(5-12)8-15/h6-7,10H,2-5,8,12H2,1H3. The number of anilines is 1. The van der Waals surface area contributed by atoms with Gasteiger partial charge in [0.15, 0.2) is 0 Å². The minimum absolute atomic E-state index is 0.625. The van der Waals surface area contributed by atoms with Crippen LogP contribution in [-0.4, -0.2) is 29.6 Å². The Morgan fingerprint density at radius 3 is 2.87 bits per heavy atom. The third kappa shape index (κ3) is 2.45. The molecule has 0 aromatic carbocycles. The van der Waals surface area contributed by atoms with E-state index in [9.17, 15) is 0 Å². The van der Waals surface area contributed by atoms with Gasteiger partial charge in [0.25, 0.3) is 0 Å². The second-order valence-corrected chi connectivity index (χ2v) is 4.18.